The Morgan fingerprint density at radius 3 is 2.64 bits per heavy atom. The maximum atomic E-state index is 12.5. The zero-order valence-corrected chi connectivity index (χ0v) is 16.6. The monoisotopic (exact) mass is 388 g/mol. The topological polar surface area (TPSA) is 93.1 Å². The molecule has 1 aromatic rings. The highest BCUT2D eigenvalue weighted by molar-refractivity contribution is 5.89. The van der Waals surface area contributed by atoms with Crippen molar-refractivity contribution in [3.05, 3.63) is 35.9 Å². The standard InChI is InChI=1S/C22H28O6/c1-13-9-17(23)22(26)20(3,12-27-19(25)15-7-5-4-6-8-15)14(2)16-10-21(13,22)11-18(24)28-16/h4-8,13-14,16-17,23,26H,9-12H2,1-3H3. The molecule has 2 saturated carbocycles. The van der Waals surface area contributed by atoms with E-state index in [2.05, 4.69) is 0 Å². The van der Waals surface area contributed by atoms with Gasteiger partial charge in [-0.05, 0) is 30.9 Å². The Kier molecular flexibility index (Phi) is 4.36. The fraction of sp³-hybridized carbons (Fsp3) is 0.636. The molecule has 0 radical (unpaired) electrons. The maximum Gasteiger partial charge on any atom is 0.338 e. The van der Waals surface area contributed by atoms with Gasteiger partial charge in [0, 0.05) is 16.7 Å². The Balaban J connectivity index is 1.70. The van der Waals surface area contributed by atoms with E-state index < -0.39 is 28.5 Å². The largest absolute Gasteiger partial charge is 0.462 e. The number of carbonyl (C=O) groups is 2. The van der Waals surface area contributed by atoms with Gasteiger partial charge in [0.25, 0.3) is 0 Å². The van der Waals surface area contributed by atoms with E-state index in [0.717, 1.165) is 0 Å². The molecular weight excluding hydrogens is 360 g/mol. The smallest absolute Gasteiger partial charge is 0.338 e. The van der Waals surface area contributed by atoms with Gasteiger partial charge in [0.05, 0.1) is 18.1 Å². The van der Waals surface area contributed by atoms with Gasteiger partial charge in [-0.25, -0.2) is 4.79 Å². The van der Waals surface area contributed by atoms with E-state index in [1.807, 2.05) is 26.8 Å². The minimum absolute atomic E-state index is 0.0421. The predicted octanol–water partition coefficient (Wildman–Crippen LogP) is 2.32. The first kappa shape index (κ1) is 19.4. The summed E-state index contributed by atoms with van der Waals surface area (Å²) in [7, 11) is 0. The highest BCUT2D eigenvalue weighted by Crippen LogP contribution is 2.69. The molecule has 3 fully saturated rings. The SMILES string of the molecule is CC1C2CC3(CC(=O)O2)C(C)CC(O)C3(O)C1(C)COC(=O)c1ccccc1. The number of fused-ring (bicyclic) bond motifs is 1. The van der Waals surface area contributed by atoms with E-state index in [4.69, 9.17) is 9.47 Å². The van der Waals surface area contributed by atoms with Crippen LogP contribution in [0.2, 0.25) is 0 Å². The lowest BCUT2D eigenvalue weighted by molar-refractivity contribution is -0.292. The zero-order valence-electron chi connectivity index (χ0n) is 16.6. The van der Waals surface area contributed by atoms with Crippen LogP contribution in [-0.4, -0.2) is 46.6 Å². The van der Waals surface area contributed by atoms with E-state index >= 15 is 0 Å². The summed E-state index contributed by atoms with van der Waals surface area (Å²) in [5.74, 6) is -1.12. The first-order valence-corrected chi connectivity index (χ1v) is 9.98. The third kappa shape index (κ3) is 2.34. The van der Waals surface area contributed by atoms with E-state index in [9.17, 15) is 19.8 Å². The Hall–Kier alpha value is -1.92. The van der Waals surface area contributed by atoms with Crippen molar-refractivity contribution in [2.45, 2.75) is 57.8 Å². The fourth-order valence-electron chi connectivity index (χ4n) is 6.15. The van der Waals surface area contributed by atoms with Crippen LogP contribution in [0.25, 0.3) is 0 Å². The number of rotatable bonds is 3. The molecule has 1 saturated heterocycles. The molecule has 2 aliphatic carbocycles. The number of hydrogen-bond acceptors (Lipinski definition) is 6. The summed E-state index contributed by atoms with van der Waals surface area (Å²) in [6, 6.07) is 8.69. The number of aliphatic hydroxyl groups is 2. The van der Waals surface area contributed by atoms with Crippen molar-refractivity contribution in [3.8, 4) is 0 Å². The van der Waals surface area contributed by atoms with Crippen molar-refractivity contribution < 1.29 is 29.3 Å². The summed E-state index contributed by atoms with van der Waals surface area (Å²) in [5.41, 5.74) is -2.83. The first-order valence-electron chi connectivity index (χ1n) is 9.98. The van der Waals surface area contributed by atoms with Crippen molar-refractivity contribution in [1.82, 2.24) is 0 Å². The molecule has 2 N–H and O–H groups in total. The van der Waals surface area contributed by atoms with Crippen LogP contribution < -0.4 is 0 Å². The number of esters is 2. The van der Waals surface area contributed by atoms with Gasteiger partial charge in [-0.1, -0.05) is 39.0 Å². The van der Waals surface area contributed by atoms with Crippen LogP contribution in [0, 0.1) is 22.7 Å². The molecule has 1 heterocycles. The minimum Gasteiger partial charge on any atom is -0.462 e. The second-order valence-corrected chi connectivity index (χ2v) is 9.13. The van der Waals surface area contributed by atoms with E-state index in [-0.39, 0.29) is 36.9 Å². The third-order valence-electron chi connectivity index (χ3n) is 8.02. The van der Waals surface area contributed by atoms with Gasteiger partial charge in [-0.3, -0.25) is 4.79 Å². The Morgan fingerprint density at radius 2 is 1.96 bits per heavy atom. The van der Waals surface area contributed by atoms with Gasteiger partial charge in [0.2, 0.25) is 0 Å². The molecule has 0 amide bonds. The molecular formula is C22H28O6. The minimum atomic E-state index is -1.54. The van der Waals surface area contributed by atoms with Gasteiger partial charge in [-0.15, -0.1) is 0 Å². The second-order valence-electron chi connectivity index (χ2n) is 9.13. The van der Waals surface area contributed by atoms with Crippen LogP contribution in [0.5, 0.6) is 0 Å². The van der Waals surface area contributed by atoms with Crippen LogP contribution in [-0.2, 0) is 14.3 Å². The van der Waals surface area contributed by atoms with Gasteiger partial charge in [-0.2, -0.15) is 0 Å². The first-order chi connectivity index (χ1) is 13.2. The number of benzene rings is 1. The lowest BCUT2D eigenvalue weighted by atomic mass is 9.46. The lowest BCUT2D eigenvalue weighted by Crippen LogP contribution is -2.73. The Morgan fingerprint density at radius 1 is 1.29 bits per heavy atom. The van der Waals surface area contributed by atoms with Crippen molar-refractivity contribution >= 4 is 11.9 Å². The summed E-state index contributed by atoms with van der Waals surface area (Å²) < 4.78 is 11.3. The van der Waals surface area contributed by atoms with Gasteiger partial charge in [0.15, 0.2) is 0 Å². The van der Waals surface area contributed by atoms with Crippen molar-refractivity contribution in [2.75, 3.05) is 6.61 Å². The summed E-state index contributed by atoms with van der Waals surface area (Å²) in [5, 5.41) is 22.9. The Bertz CT molecular complexity index is 793. The third-order valence-corrected chi connectivity index (χ3v) is 8.02. The molecule has 7 atom stereocenters. The normalized spacial score (nSPS) is 44.5. The van der Waals surface area contributed by atoms with Crippen LogP contribution >= 0.6 is 0 Å². The van der Waals surface area contributed by atoms with E-state index in [0.29, 0.717) is 18.4 Å². The Labute approximate surface area is 164 Å². The predicted molar refractivity (Wildman–Crippen MR) is 100 cm³/mol. The summed E-state index contributed by atoms with van der Waals surface area (Å²) >= 11 is 0. The van der Waals surface area contributed by atoms with Gasteiger partial charge in [0.1, 0.15) is 18.3 Å². The molecule has 152 valence electrons. The molecule has 4 rings (SSSR count). The molecule has 6 nitrogen and oxygen atoms in total. The number of hydrogen-bond donors (Lipinski definition) is 2. The van der Waals surface area contributed by atoms with E-state index in [1.165, 1.54) is 0 Å². The van der Waals surface area contributed by atoms with Gasteiger partial charge >= 0.3 is 11.9 Å². The summed E-state index contributed by atoms with van der Waals surface area (Å²) in [6.07, 6.45) is -0.345. The van der Waals surface area contributed by atoms with Crippen molar-refractivity contribution in [1.29, 1.82) is 0 Å². The second kappa shape index (κ2) is 6.29. The molecule has 28 heavy (non-hydrogen) atoms. The average molecular weight is 388 g/mol. The molecule has 1 spiro atoms. The maximum absolute atomic E-state index is 12.5. The number of ether oxygens (including phenoxy) is 2. The highest BCUT2D eigenvalue weighted by Gasteiger charge is 2.76. The van der Waals surface area contributed by atoms with Gasteiger partial charge < -0.3 is 19.7 Å². The van der Waals surface area contributed by atoms with Crippen LogP contribution in [0.3, 0.4) is 0 Å². The molecule has 2 bridgehead atoms. The van der Waals surface area contributed by atoms with Crippen molar-refractivity contribution in [2.24, 2.45) is 22.7 Å². The van der Waals surface area contributed by atoms with E-state index in [1.54, 1.807) is 24.3 Å². The molecule has 1 aliphatic heterocycles. The molecule has 6 heteroatoms. The summed E-state index contributed by atoms with van der Waals surface area (Å²) in [6.45, 7) is 5.66. The van der Waals surface area contributed by atoms with Crippen LogP contribution in [0.1, 0.15) is 50.4 Å². The molecule has 3 aliphatic rings. The zero-order chi connectivity index (χ0) is 20.3. The summed E-state index contributed by atoms with van der Waals surface area (Å²) in [4.78, 5) is 24.8. The number of aliphatic hydroxyl groups excluding tert-OH is 1. The average Bonchev–Trinajstić information content (AvgIpc) is 2.86. The molecule has 0 aromatic heterocycles. The van der Waals surface area contributed by atoms with Crippen molar-refractivity contribution in [3.63, 3.8) is 0 Å². The fourth-order valence-corrected chi connectivity index (χ4v) is 6.15. The number of carbonyl (C=O) groups excluding carboxylic acids is 2. The lowest BCUT2D eigenvalue weighted by Gasteiger charge is -2.64. The molecule has 7 unspecified atom stereocenters. The molecule has 1 aromatic carbocycles. The quantitative estimate of drug-likeness (QED) is 0.772. The highest BCUT2D eigenvalue weighted by atomic mass is 16.6. The van der Waals surface area contributed by atoms with Crippen LogP contribution in [0.15, 0.2) is 30.3 Å². The van der Waals surface area contributed by atoms with Crippen LogP contribution in [0.4, 0.5) is 0 Å².